The number of non-ortho nitro benzene ring substituents is 1. The molecule has 0 aliphatic rings. The lowest BCUT2D eigenvalue weighted by molar-refractivity contribution is -0.384. The summed E-state index contributed by atoms with van der Waals surface area (Å²) in [5.74, 6) is -0.214. The van der Waals surface area contributed by atoms with Gasteiger partial charge in [-0.2, -0.15) is 0 Å². The van der Waals surface area contributed by atoms with Crippen molar-refractivity contribution in [1.29, 1.82) is 0 Å². The van der Waals surface area contributed by atoms with Gasteiger partial charge in [-0.1, -0.05) is 0 Å². The normalized spacial score (nSPS) is 10.2. The maximum absolute atomic E-state index is 10.9. The van der Waals surface area contributed by atoms with Crippen molar-refractivity contribution in [1.82, 2.24) is 5.32 Å². The highest BCUT2D eigenvalue weighted by molar-refractivity contribution is 5.91. The molecule has 0 spiro atoms. The molecule has 1 amide bonds. The molecule has 5 heteroatoms. The van der Waals surface area contributed by atoms with E-state index < -0.39 is 4.92 Å². The second kappa shape index (κ2) is 4.90. The summed E-state index contributed by atoms with van der Waals surface area (Å²) in [5.41, 5.74) is 0.774. The molecular formula is C10H10N2O3. The summed E-state index contributed by atoms with van der Waals surface area (Å²) in [5, 5.41) is 12.8. The van der Waals surface area contributed by atoms with Crippen LogP contribution >= 0.6 is 0 Å². The number of carbonyl (C=O) groups excluding carboxylic acids is 1. The topological polar surface area (TPSA) is 72.2 Å². The summed E-state index contributed by atoms with van der Waals surface area (Å²) in [6, 6.07) is 5.95. The maximum Gasteiger partial charge on any atom is 0.269 e. The smallest absolute Gasteiger partial charge is 0.269 e. The molecule has 0 atom stereocenters. The van der Waals surface area contributed by atoms with Crippen molar-refractivity contribution in [3.63, 3.8) is 0 Å². The minimum Gasteiger partial charge on any atom is -0.356 e. The number of carbonyl (C=O) groups is 1. The number of benzene rings is 1. The molecule has 0 aliphatic heterocycles. The Morgan fingerprint density at radius 1 is 1.40 bits per heavy atom. The molecule has 1 rings (SSSR count). The van der Waals surface area contributed by atoms with Crippen LogP contribution in [0.2, 0.25) is 0 Å². The van der Waals surface area contributed by atoms with Gasteiger partial charge >= 0.3 is 0 Å². The van der Waals surface area contributed by atoms with Gasteiger partial charge in [0, 0.05) is 25.3 Å². The van der Waals surface area contributed by atoms with E-state index in [0.29, 0.717) is 0 Å². The molecule has 0 radical (unpaired) electrons. The summed E-state index contributed by atoms with van der Waals surface area (Å²) < 4.78 is 0. The molecule has 1 aromatic rings. The van der Waals surface area contributed by atoms with Gasteiger partial charge in [-0.3, -0.25) is 14.9 Å². The van der Waals surface area contributed by atoms with Crippen molar-refractivity contribution >= 4 is 17.7 Å². The van der Waals surface area contributed by atoms with Crippen LogP contribution in [0.3, 0.4) is 0 Å². The number of likely N-dealkylation sites (N-methyl/N-ethyl adjacent to an activating group) is 1. The first-order valence-electron chi connectivity index (χ1n) is 4.27. The summed E-state index contributed by atoms with van der Waals surface area (Å²) in [6.45, 7) is 0. The molecule has 1 N–H and O–H groups in total. The third-order valence-corrected chi connectivity index (χ3v) is 1.78. The van der Waals surface area contributed by atoms with Gasteiger partial charge in [0.15, 0.2) is 0 Å². The Labute approximate surface area is 86.6 Å². The highest BCUT2D eigenvalue weighted by Crippen LogP contribution is 2.12. The fraction of sp³-hybridized carbons (Fsp3) is 0.100. The average Bonchev–Trinajstić information content (AvgIpc) is 2.26. The molecule has 1 aromatic carbocycles. The Hall–Kier alpha value is -2.17. The second-order valence-corrected chi connectivity index (χ2v) is 2.80. The van der Waals surface area contributed by atoms with Crippen LogP contribution in [0.4, 0.5) is 5.69 Å². The SMILES string of the molecule is CNC(=O)/C=C/c1ccc([N+](=O)[O-])cc1. The third kappa shape index (κ3) is 3.22. The van der Waals surface area contributed by atoms with Crippen LogP contribution < -0.4 is 5.32 Å². The lowest BCUT2D eigenvalue weighted by atomic mass is 10.2. The first-order valence-corrected chi connectivity index (χ1v) is 4.27. The minimum atomic E-state index is -0.466. The number of nitro benzene ring substituents is 1. The zero-order valence-electron chi connectivity index (χ0n) is 8.14. The van der Waals surface area contributed by atoms with Gasteiger partial charge in [-0.15, -0.1) is 0 Å². The molecule has 0 unspecified atom stereocenters. The van der Waals surface area contributed by atoms with Crippen molar-refractivity contribution in [2.45, 2.75) is 0 Å². The van der Waals surface area contributed by atoms with E-state index in [-0.39, 0.29) is 11.6 Å². The Balaban J connectivity index is 2.77. The molecule has 0 saturated carbocycles. The van der Waals surface area contributed by atoms with E-state index in [1.165, 1.54) is 25.3 Å². The molecule has 0 saturated heterocycles. The number of nitrogens with one attached hydrogen (secondary N) is 1. The molecule has 5 nitrogen and oxygen atoms in total. The minimum absolute atomic E-state index is 0.0343. The number of hydrogen-bond donors (Lipinski definition) is 1. The summed E-state index contributed by atoms with van der Waals surface area (Å²) >= 11 is 0. The second-order valence-electron chi connectivity index (χ2n) is 2.80. The van der Waals surface area contributed by atoms with E-state index in [1.807, 2.05) is 0 Å². The fourth-order valence-corrected chi connectivity index (χ4v) is 0.962. The Kier molecular flexibility index (Phi) is 3.56. The summed E-state index contributed by atoms with van der Waals surface area (Å²) in [4.78, 5) is 20.7. The van der Waals surface area contributed by atoms with Gasteiger partial charge in [-0.25, -0.2) is 0 Å². The Morgan fingerprint density at radius 3 is 2.47 bits per heavy atom. The summed E-state index contributed by atoms with van der Waals surface area (Å²) in [7, 11) is 1.53. The fourth-order valence-electron chi connectivity index (χ4n) is 0.962. The summed E-state index contributed by atoms with van der Waals surface area (Å²) in [6.07, 6.45) is 2.95. The van der Waals surface area contributed by atoms with Crippen molar-refractivity contribution in [2.24, 2.45) is 0 Å². The predicted octanol–water partition coefficient (Wildman–Crippen LogP) is 1.35. The Bertz CT molecular complexity index is 396. The van der Waals surface area contributed by atoms with Crippen LogP contribution in [0.5, 0.6) is 0 Å². The van der Waals surface area contributed by atoms with E-state index in [2.05, 4.69) is 5.32 Å². The molecule has 0 aromatic heterocycles. The monoisotopic (exact) mass is 206 g/mol. The van der Waals surface area contributed by atoms with Gasteiger partial charge in [0.1, 0.15) is 0 Å². The van der Waals surface area contributed by atoms with E-state index in [4.69, 9.17) is 0 Å². The standard InChI is InChI=1S/C10H10N2O3/c1-11-10(13)7-4-8-2-5-9(6-3-8)12(14)15/h2-7H,1H3,(H,11,13)/b7-4+. The highest BCUT2D eigenvalue weighted by atomic mass is 16.6. The highest BCUT2D eigenvalue weighted by Gasteiger charge is 2.02. The largest absolute Gasteiger partial charge is 0.356 e. The number of nitro groups is 1. The molecule has 15 heavy (non-hydrogen) atoms. The zero-order chi connectivity index (χ0) is 11.3. The van der Waals surface area contributed by atoms with Gasteiger partial charge in [0.2, 0.25) is 5.91 Å². The molecule has 0 aliphatic carbocycles. The van der Waals surface area contributed by atoms with Crippen molar-refractivity contribution in [3.8, 4) is 0 Å². The number of rotatable bonds is 3. The average molecular weight is 206 g/mol. The number of amides is 1. The van der Waals surface area contributed by atoms with Gasteiger partial charge < -0.3 is 5.32 Å². The number of nitrogens with zero attached hydrogens (tertiary/aromatic N) is 1. The van der Waals surface area contributed by atoms with E-state index >= 15 is 0 Å². The first kappa shape index (κ1) is 10.9. The lowest BCUT2D eigenvalue weighted by Gasteiger charge is -1.93. The lowest BCUT2D eigenvalue weighted by Crippen LogP contribution is -2.13. The molecule has 0 fully saturated rings. The zero-order valence-corrected chi connectivity index (χ0v) is 8.14. The Morgan fingerprint density at radius 2 is 2.00 bits per heavy atom. The van der Waals surface area contributed by atoms with Crippen molar-refractivity contribution in [2.75, 3.05) is 7.05 Å². The van der Waals surface area contributed by atoms with Crippen molar-refractivity contribution in [3.05, 3.63) is 46.0 Å². The van der Waals surface area contributed by atoms with Crippen LogP contribution in [-0.4, -0.2) is 17.9 Å². The maximum atomic E-state index is 10.9. The van der Waals surface area contributed by atoms with E-state index in [0.717, 1.165) is 5.56 Å². The quantitative estimate of drug-likeness (QED) is 0.461. The predicted molar refractivity (Wildman–Crippen MR) is 56.2 cm³/mol. The van der Waals surface area contributed by atoms with Crippen LogP contribution in [0.15, 0.2) is 30.3 Å². The van der Waals surface area contributed by atoms with Gasteiger partial charge in [-0.05, 0) is 23.8 Å². The van der Waals surface area contributed by atoms with E-state index in [1.54, 1.807) is 18.2 Å². The van der Waals surface area contributed by atoms with Crippen LogP contribution in [-0.2, 0) is 4.79 Å². The molecule has 0 heterocycles. The van der Waals surface area contributed by atoms with Crippen LogP contribution in [0.1, 0.15) is 5.56 Å². The van der Waals surface area contributed by atoms with Crippen molar-refractivity contribution < 1.29 is 9.72 Å². The van der Waals surface area contributed by atoms with Crippen LogP contribution in [0.25, 0.3) is 6.08 Å². The molecule has 78 valence electrons. The molecule has 0 bridgehead atoms. The van der Waals surface area contributed by atoms with E-state index in [9.17, 15) is 14.9 Å². The van der Waals surface area contributed by atoms with Gasteiger partial charge in [0.25, 0.3) is 5.69 Å². The molecular weight excluding hydrogens is 196 g/mol. The van der Waals surface area contributed by atoms with Crippen LogP contribution in [0, 0.1) is 10.1 Å². The third-order valence-electron chi connectivity index (χ3n) is 1.78. The number of hydrogen-bond acceptors (Lipinski definition) is 3. The van der Waals surface area contributed by atoms with Gasteiger partial charge in [0.05, 0.1) is 4.92 Å². The first-order chi connectivity index (χ1) is 7.13.